The molecule has 1 unspecified atom stereocenters. The largest absolute Gasteiger partial charge is 0.443 e. The number of hydrogen-bond donors (Lipinski definition) is 1. The molecule has 200 valence electrons. The molecule has 0 saturated carbocycles. The summed E-state index contributed by atoms with van der Waals surface area (Å²) in [6, 6.07) is 14.2. The Balaban J connectivity index is 1.47. The van der Waals surface area contributed by atoms with Gasteiger partial charge in [0.15, 0.2) is 5.75 Å². The summed E-state index contributed by atoms with van der Waals surface area (Å²) in [6.07, 6.45) is -2.65. The molecule has 2 aromatic carbocycles. The van der Waals surface area contributed by atoms with Crippen molar-refractivity contribution in [2.75, 3.05) is 23.6 Å². The number of carbonyl (C=O) groups excluding carboxylic acids is 1. The summed E-state index contributed by atoms with van der Waals surface area (Å²) in [4.78, 5) is 15.0. The summed E-state index contributed by atoms with van der Waals surface area (Å²) in [7, 11) is -4.55. The van der Waals surface area contributed by atoms with Crippen LogP contribution in [0.1, 0.15) is 44.2 Å². The lowest BCUT2D eigenvalue weighted by Crippen LogP contribution is -2.27. The highest BCUT2D eigenvalue weighted by molar-refractivity contribution is 7.92. The van der Waals surface area contributed by atoms with E-state index >= 15 is 0 Å². The maximum Gasteiger partial charge on any atom is 0.419 e. The quantitative estimate of drug-likeness (QED) is 0.435. The summed E-state index contributed by atoms with van der Waals surface area (Å²) >= 11 is 0. The van der Waals surface area contributed by atoms with Crippen molar-refractivity contribution in [3.05, 3.63) is 65.9 Å². The van der Waals surface area contributed by atoms with Crippen LogP contribution in [0.15, 0.2) is 54.7 Å². The van der Waals surface area contributed by atoms with Crippen molar-refractivity contribution in [1.29, 1.82) is 0 Å². The van der Waals surface area contributed by atoms with E-state index in [0.717, 1.165) is 35.0 Å². The number of sulfonamides is 1. The van der Waals surface area contributed by atoms with Crippen molar-refractivity contribution in [3.8, 4) is 0 Å². The van der Waals surface area contributed by atoms with E-state index in [1.807, 2.05) is 62.0 Å². The number of ether oxygens (including phenoxy) is 1. The third kappa shape index (κ3) is 7.04. The molecule has 11 heteroatoms. The number of carbonyl (C=O) groups is 1. The zero-order valence-electron chi connectivity index (χ0n) is 20.9. The van der Waals surface area contributed by atoms with Crippen LogP contribution < -0.4 is 4.72 Å². The van der Waals surface area contributed by atoms with Gasteiger partial charge in [0.25, 0.3) is 0 Å². The molecule has 1 N–H and O–H groups in total. The van der Waals surface area contributed by atoms with Crippen molar-refractivity contribution >= 4 is 32.7 Å². The smallest absolute Gasteiger partial charge is 0.419 e. The monoisotopic (exact) mass is 537 g/mol. The number of alkyl halides is 3. The molecule has 0 spiro atoms. The Bertz CT molecular complexity index is 1390. The molecule has 1 aliphatic heterocycles. The van der Waals surface area contributed by atoms with Crippen LogP contribution in [-0.2, 0) is 21.3 Å². The van der Waals surface area contributed by atoms with Crippen LogP contribution in [0, 0.1) is 0 Å². The van der Waals surface area contributed by atoms with Gasteiger partial charge in [-0.3, -0.25) is 14.2 Å². The minimum absolute atomic E-state index is 0.0891. The normalized spacial score (nSPS) is 17.3. The Labute approximate surface area is 214 Å². The van der Waals surface area contributed by atoms with E-state index in [9.17, 15) is 26.4 Å². The van der Waals surface area contributed by atoms with Crippen molar-refractivity contribution in [2.24, 2.45) is 0 Å². The van der Waals surface area contributed by atoms with Gasteiger partial charge in [0.1, 0.15) is 5.60 Å². The van der Waals surface area contributed by atoms with Crippen LogP contribution in [-0.4, -0.2) is 54.6 Å². The number of anilines is 1. The number of nitrogens with one attached hydrogen (secondary N) is 1. The third-order valence-corrected chi connectivity index (χ3v) is 7.29. The molecule has 1 saturated heterocycles. The first-order valence-corrected chi connectivity index (χ1v) is 13.6. The second-order valence-corrected chi connectivity index (χ2v) is 12.1. The van der Waals surface area contributed by atoms with Crippen molar-refractivity contribution in [3.63, 3.8) is 0 Å². The number of likely N-dealkylation sites (tertiary alicyclic amines) is 1. The first-order chi connectivity index (χ1) is 17.2. The summed E-state index contributed by atoms with van der Waals surface area (Å²) in [5, 5.41) is 0.956. The average molecular weight is 538 g/mol. The highest BCUT2D eigenvalue weighted by atomic mass is 32.2. The van der Waals surface area contributed by atoms with E-state index in [0.29, 0.717) is 13.1 Å². The Kier molecular flexibility index (Phi) is 7.31. The molecular weight excluding hydrogens is 507 g/mol. The van der Waals surface area contributed by atoms with Gasteiger partial charge in [-0.05, 0) is 69.0 Å². The predicted octanol–water partition coefficient (Wildman–Crippen LogP) is 5.72. The van der Waals surface area contributed by atoms with Crippen LogP contribution in [0.5, 0.6) is 0 Å². The molecule has 0 amide bonds. The van der Waals surface area contributed by atoms with Gasteiger partial charge in [0.05, 0.1) is 5.52 Å². The van der Waals surface area contributed by atoms with E-state index in [-0.39, 0.29) is 11.6 Å². The van der Waals surface area contributed by atoms with Gasteiger partial charge in [0.2, 0.25) is 10.0 Å². The summed E-state index contributed by atoms with van der Waals surface area (Å²) in [5.41, 5.74) is 2.09. The first-order valence-electron chi connectivity index (χ1n) is 11.9. The molecule has 3 aromatic rings. The van der Waals surface area contributed by atoms with Gasteiger partial charge < -0.3 is 4.74 Å². The topological polar surface area (TPSA) is 80.6 Å². The number of nitrogens with zero attached hydrogens (tertiary/aromatic N) is 2. The fourth-order valence-corrected chi connectivity index (χ4v) is 5.60. The van der Waals surface area contributed by atoms with E-state index in [2.05, 4.69) is 4.90 Å². The Hall–Kier alpha value is -3.05. The molecular formula is C26H30F3N3O4S. The highest BCUT2D eigenvalue weighted by Gasteiger charge is 2.35. The van der Waals surface area contributed by atoms with Gasteiger partial charge in [-0.15, -0.1) is 0 Å². The lowest BCUT2D eigenvalue weighted by molar-refractivity contribution is -0.106. The standard InChI is InChI=1S/C26H30F3N3O4S/c1-25(2,3)36-24(33)32-16-20(22-9-4-5-10-23(22)32)15-31-12-11-19(14-31)18-7-6-8-21(13-18)30-37(34,35)17-26(27,28)29/h4-10,13,16,19,30H,11-12,14-15,17H2,1-3H3. The summed E-state index contributed by atoms with van der Waals surface area (Å²) in [5.74, 6) is -1.84. The number of hydrogen-bond acceptors (Lipinski definition) is 5. The second-order valence-electron chi connectivity index (χ2n) is 10.3. The molecule has 1 aromatic heterocycles. The summed E-state index contributed by atoms with van der Waals surface area (Å²) < 4.78 is 70.5. The second kappa shape index (κ2) is 10.0. The van der Waals surface area contributed by atoms with E-state index in [1.54, 1.807) is 12.1 Å². The van der Waals surface area contributed by atoms with Gasteiger partial charge >= 0.3 is 12.3 Å². The number of rotatable bonds is 6. The van der Waals surface area contributed by atoms with Crippen molar-refractivity contribution < 1.29 is 31.1 Å². The number of halogens is 3. The fraction of sp³-hybridized carbons (Fsp3) is 0.423. The zero-order valence-corrected chi connectivity index (χ0v) is 21.7. The summed E-state index contributed by atoms with van der Waals surface area (Å²) in [6.45, 7) is 7.52. The van der Waals surface area contributed by atoms with E-state index in [4.69, 9.17) is 4.74 Å². The highest BCUT2D eigenvalue weighted by Crippen LogP contribution is 2.32. The first kappa shape index (κ1) is 27.0. The van der Waals surface area contributed by atoms with Gasteiger partial charge in [-0.2, -0.15) is 13.2 Å². The van der Waals surface area contributed by atoms with Gasteiger partial charge in [0, 0.05) is 30.4 Å². The molecule has 1 fully saturated rings. The van der Waals surface area contributed by atoms with Crippen LogP contribution in [0.25, 0.3) is 10.9 Å². The van der Waals surface area contributed by atoms with Gasteiger partial charge in [-0.25, -0.2) is 13.2 Å². The molecule has 37 heavy (non-hydrogen) atoms. The number of benzene rings is 2. The lowest BCUT2D eigenvalue weighted by Gasteiger charge is -2.19. The van der Waals surface area contributed by atoms with E-state index in [1.165, 1.54) is 10.6 Å². The number of para-hydroxylation sites is 1. The SMILES string of the molecule is CC(C)(C)OC(=O)n1cc(CN2CCC(c3cccc(NS(=O)(=O)CC(F)(F)F)c3)C2)c2ccccc21. The maximum absolute atomic E-state index is 12.8. The molecule has 7 nitrogen and oxygen atoms in total. The molecule has 4 rings (SSSR count). The zero-order chi connectivity index (χ0) is 27.0. The molecule has 0 radical (unpaired) electrons. The lowest BCUT2D eigenvalue weighted by atomic mass is 9.98. The predicted molar refractivity (Wildman–Crippen MR) is 136 cm³/mol. The van der Waals surface area contributed by atoms with Crippen molar-refractivity contribution in [2.45, 2.75) is 51.4 Å². The Morgan fingerprint density at radius 1 is 1.11 bits per heavy atom. The molecule has 2 heterocycles. The molecule has 1 aliphatic rings. The number of aromatic nitrogens is 1. The van der Waals surface area contributed by atoms with E-state index < -0.39 is 33.6 Å². The van der Waals surface area contributed by atoms with Gasteiger partial charge in [-0.1, -0.05) is 30.3 Å². The minimum Gasteiger partial charge on any atom is -0.443 e. The van der Waals surface area contributed by atoms with Crippen molar-refractivity contribution in [1.82, 2.24) is 9.47 Å². The Morgan fingerprint density at radius 2 is 1.84 bits per heavy atom. The third-order valence-electron chi connectivity index (χ3n) is 6.04. The van der Waals surface area contributed by atoms with Crippen LogP contribution in [0.4, 0.5) is 23.7 Å². The fourth-order valence-electron chi connectivity index (χ4n) is 4.61. The Morgan fingerprint density at radius 3 is 2.54 bits per heavy atom. The van der Waals surface area contributed by atoms with Crippen LogP contribution in [0.2, 0.25) is 0 Å². The minimum atomic E-state index is -4.82. The maximum atomic E-state index is 12.8. The average Bonchev–Trinajstić information content (AvgIpc) is 3.36. The van der Waals surface area contributed by atoms with Crippen LogP contribution >= 0.6 is 0 Å². The number of fused-ring (bicyclic) bond motifs is 1. The van der Waals surface area contributed by atoms with Crippen LogP contribution in [0.3, 0.4) is 0 Å². The molecule has 1 atom stereocenters. The molecule has 0 aliphatic carbocycles. The molecule has 0 bridgehead atoms.